The second kappa shape index (κ2) is 6.29. The lowest BCUT2D eigenvalue weighted by molar-refractivity contribution is -0.114. The fraction of sp³-hybridized carbons (Fsp3) is 0.250. The molecule has 1 unspecified atom stereocenters. The van der Waals surface area contributed by atoms with Crippen LogP contribution in [0, 0.1) is 0 Å². The fourth-order valence-electron chi connectivity index (χ4n) is 1.89. The molecular weight excluding hydrogens is 286 g/mol. The Morgan fingerprint density at radius 1 is 1.63 bits per heavy atom. The van der Waals surface area contributed by atoms with E-state index in [-0.39, 0.29) is 11.9 Å². The summed E-state index contributed by atoms with van der Waals surface area (Å²) >= 11 is 7.54. The zero-order valence-electron chi connectivity index (χ0n) is 10.3. The van der Waals surface area contributed by atoms with Crippen LogP contribution in [-0.2, 0) is 4.79 Å². The molecule has 0 saturated carbocycles. The van der Waals surface area contributed by atoms with Gasteiger partial charge in [0.15, 0.2) is 0 Å². The molecule has 1 aliphatic heterocycles. The third-order valence-corrected chi connectivity index (χ3v) is 3.63. The predicted octanol–water partition coefficient (Wildman–Crippen LogP) is 1.79. The number of carbonyl (C=O) groups excluding carboxylic acids is 1. The minimum Gasteiger partial charge on any atom is -0.292 e. The highest BCUT2D eigenvalue weighted by Gasteiger charge is 2.35. The Morgan fingerprint density at radius 3 is 3.05 bits per heavy atom. The van der Waals surface area contributed by atoms with Gasteiger partial charge in [-0.15, -0.1) is 0 Å². The molecule has 2 rings (SSSR count). The maximum Gasteiger partial charge on any atom is 0.271 e. The first-order chi connectivity index (χ1) is 9.17. The van der Waals surface area contributed by atoms with E-state index in [1.807, 2.05) is 11.7 Å². The molecule has 0 bridgehead atoms. The van der Waals surface area contributed by atoms with Crippen LogP contribution in [0.5, 0.6) is 0 Å². The van der Waals surface area contributed by atoms with Crippen LogP contribution in [-0.4, -0.2) is 29.2 Å². The third kappa shape index (κ3) is 3.03. The van der Waals surface area contributed by atoms with Crippen LogP contribution in [0.25, 0.3) is 0 Å². The summed E-state index contributed by atoms with van der Waals surface area (Å²) in [7, 11) is 0. The van der Waals surface area contributed by atoms with Crippen LogP contribution in [0.3, 0.4) is 0 Å². The Kier molecular flexibility index (Phi) is 4.71. The van der Waals surface area contributed by atoms with Crippen molar-refractivity contribution in [2.75, 3.05) is 17.0 Å². The van der Waals surface area contributed by atoms with Crippen molar-refractivity contribution < 1.29 is 10.0 Å². The summed E-state index contributed by atoms with van der Waals surface area (Å²) in [6, 6.07) is 6.88. The van der Waals surface area contributed by atoms with Crippen LogP contribution in [0.15, 0.2) is 36.0 Å². The average Bonchev–Trinajstić information content (AvgIpc) is 2.69. The van der Waals surface area contributed by atoms with Crippen LogP contribution < -0.4 is 15.9 Å². The van der Waals surface area contributed by atoms with E-state index in [4.69, 9.17) is 16.8 Å². The number of hydrazine groups is 1. The van der Waals surface area contributed by atoms with Crippen molar-refractivity contribution in [3.05, 3.63) is 41.1 Å². The van der Waals surface area contributed by atoms with Crippen molar-refractivity contribution >= 4 is 35.0 Å². The van der Waals surface area contributed by atoms with Gasteiger partial charge in [0.25, 0.3) is 5.91 Å². The van der Waals surface area contributed by atoms with E-state index in [0.29, 0.717) is 16.3 Å². The lowest BCUT2D eigenvalue weighted by atomic mass is 10.1. The average molecular weight is 300 g/mol. The number of anilines is 1. The second-order valence-corrected chi connectivity index (χ2v) is 5.33. The van der Waals surface area contributed by atoms with E-state index in [9.17, 15) is 4.79 Å². The molecule has 5 nitrogen and oxygen atoms in total. The first-order valence-electron chi connectivity index (χ1n) is 5.62. The SMILES string of the molecule is CSCC1NN(c2cccc(Cl)c2)C(=O)C1=CNO. The Bertz CT molecular complexity index is 510. The maximum absolute atomic E-state index is 12.3. The number of halogens is 1. The standard InChI is InChI=1S/C12H14ClN3O2S/c1-19-7-11-10(6-14-18)12(17)16(15-11)9-4-2-3-8(13)5-9/h2-6,11,14-15,18H,7H2,1H3. The first kappa shape index (κ1) is 14.2. The zero-order chi connectivity index (χ0) is 13.8. The Morgan fingerprint density at radius 2 is 2.42 bits per heavy atom. The highest BCUT2D eigenvalue weighted by atomic mass is 35.5. The van der Waals surface area contributed by atoms with Gasteiger partial charge in [0, 0.05) is 17.0 Å². The summed E-state index contributed by atoms with van der Waals surface area (Å²) in [5.74, 6) is 0.513. The normalized spacial score (nSPS) is 21.2. The van der Waals surface area contributed by atoms with E-state index < -0.39 is 0 Å². The molecule has 1 aromatic carbocycles. The van der Waals surface area contributed by atoms with Gasteiger partial charge in [-0.05, 0) is 24.5 Å². The number of thioether (sulfide) groups is 1. The molecule has 7 heteroatoms. The Balaban J connectivity index is 2.29. The zero-order valence-corrected chi connectivity index (χ0v) is 11.8. The van der Waals surface area contributed by atoms with Gasteiger partial charge in [0.1, 0.15) is 0 Å². The first-order valence-corrected chi connectivity index (χ1v) is 7.39. The van der Waals surface area contributed by atoms with Crippen molar-refractivity contribution in [2.45, 2.75) is 6.04 Å². The molecule has 102 valence electrons. The van der Waals surface area contributed by atoms with Gasteiger partial charge in [-0.3, -0.25) is 15.5 Å². The minimum absolute atomic E-state index is 0.152. The molecule has 0 spiro atoms. The monoisotopic (exact) mass is 299 g/mol. The molecule has 19 heavy (non-hydrogen) atoms. The van der Waals surface area contributed by atoms with Crippen molar-refractivity contribution in [3.63, 3.8) is 0 Å². The number of hydroxylamine groups is 1. The van der Waals surface area contributed by atoms with Crippen LogP contribution >= 0.6 is 23.4 Å². The maximum atomic E-state index is 12.3. The van der Waals surface area contributed by atoms with Gasteiger partial charge in [0.2, 0.25) is 0 Å². The molecule has 1 heterocycles. The quantitative estimate of drug-likeness (QED) is 0.584. The van der Waals surface area contributed by atoms with Crippen molar-refractivity contribution in [1.82, 2.24) is 10.9 Å². The van der Waals surface area contributed by atoms with Gasteiger partial charge >= 0.3 is 0 Å². The number of nitrogens with one attached hydrogen (secondary N) is 2. The molecule has 1 amide bonds. The molecular formula is C12H14ClN3O2S. The minimum atomic E-state index is -0.206. The number of carbonyl (C=O) groups is 1. The third-order valence-electron chi connectivity index (χ3n) is 2.73. The predicted molar refractivity (Wildman–Crippen MR) is 77.2 cm³/mol. The van der Waals surface area contributed by atoms with Gasteiger partial charge in [-0.2, -0.15) is 11.8 Å². The highest BCUT2D eigenvalue weighted by Crippen LogP contribution is 2.25. The van der Waals surface area contributed by atoms with E-state index in [1.54, 1.807) is 36.0 Å². The van der Waals surface area contributed by atoms with Gasteiger partial charge < -0.3 is 0 Å². The van der Waals surface area contributed by atoms with Gasteiger partial charge in [-0.25, -0.2) is 10.4 Å². The Labute approximate surface area is 120 Å². The molecule has 1 saturated heterocycles. The number of nitrogens with zero attached hydrogens (tertiary/aromatic N) is 1. The molecule has 0 aromatic heterocycles. The highest BCUT2D eigenvalue weighted by molar-refractivity contribution is 7.98. The van der Waals surface area contributed by atoms with Crippen LogP contribution in [0.2, 0.25) is 5.02 Å². The van der Waals surface area contributed by atoms with E-state index in [2.05, 4.69) is 5.43 Å². The summed E-state index contributed by atoms with van der Waals surface area (Å²) < 4.78 is 0. The molecule has 1 atom stereocenters. The van der Waals surface area contributed by atoms with Crippen molar-refractivity contribution in [2.24, 2.45) is 0 Å². The lowest BCUT2D eigenvalue weighted by Crippen LogP contribution is -2.38. The van der Waals surface area contributed by atoms with E-state index in [0.717, 1.165) is 5.75 Å². The number of benzene rings is 1. The molecule has 1 aliphatic rings. The fourth-order valence-corrected chi connectivity index (χ4v) is 2.67. The second-order valence-electron chi connectivity index (χ2n) is 3.99. The smallest absolute Gasteiger partial charge is 0.271 e. The number of hydrogen-bond donors (Lipinski definition) is 3. The summed E-state index contributed by atoms with van der Waals surface area (Å²) in [5, 5.41) is 10.8. The van der Waals surface area contributed by atoms with E-state index >= 15 is 0 Å². The number of rotatable bonds is 4. The van der Waals surface area contributed by atoms with Crippen molar-refractivity contribution in [3.8, 4) is 0 Å². The molecule has 0 radical (unpaired) electrons. The van der Waals surface area contributed by atoms with Crippen molar-refractivity contribution in [1.29, 1.82) is 0 Å². The van der Waals surface area contributed by atoms with Crippen LogP contribution in [0.4, 0.5) is 5.69 Å². The van der Waals surface area contributed by atoms with Gasteiger partial charge in [-0.1, -0.05) is 17.7 Å². The van der Waals surface area contributed by atoms with Crippen LogP contribution in [0.1, 0.15) is 0 Å². The topological polar surface area (TPSA) is 64.6 Å². The largest absolute Gasteiger partial charge is 0.292 e. The summed E-state index contributed by atoms with van der Waals surface area (Å²) in [5.41, 5.74) is 6.19. The molecule has 3 N–H and O–H groups in total. The summed E-state index contributed by atoms with van der Waals surface area (Å²) in [6.07, 6.45) is 3.26. The summed E-state index contributed by atoms with van der Waals surface area (Å²) in [4.78, 5) is 12.3. The molecule has 1 aromatic rings. The Hall–Kier alpha value is -1.21. The molecule has 1 fully saturated rings. The lowest BCUT2D eigenvalue weighted by Gasteiger charge is -2.17. The van der Waals surface area contributed by atoms with E-state index in [1.165, 1.54) is 11.2 Å². The van der Waals surface area contributed by atoms with Gasteiger partial charge in [0.05, 0.1) is 17.3 Å². The summed E-state index contributed by atoms with van der Waals surface area (Å²) in [6.45, 7) is 0. The molecule has 0 aliphatic carbocycles. The number of amides is 1. The number of hydrogen-bond acceptors (Lipinski definition) is 5.